The molecule has 1 amide bonds. The predicted molar refractivity (Wildman–Crippen MR) is 122 cm³/mol. The summed E-state index contributed by atoms with van der Waals surface area (Å²) in [4.78, 5) is 37.8. The molecule has 0 radical (unpaired) electrons. The van der Waals surface area contributed by atoms with E-state index in [1.807, 2.05) is 17.5 Å². The average molecular weight is 551 g/mol. The standard InChI is InChI=1S/C20H13Br2N3O4S/c21-12-8-11-9-13(20(28)29-18(11)14(22)10-12)19(27)23-5-6-25-17(26)4-3-15(24-25)16-2-1-7-30-16/h1-4,7-10H,5-6H2,(H,23,27). The minimum absolute atomic E-state index is 0.111. The first-order valence-corrected chi connectivity index (χ1v) is 11.2. The van der Waals surface area contributed by atoms with Gasteiger partial charge in [-0.05, 0) is 51.6 Å². The van der Waals surface area contributed by atoms with Gasteiger partial charge in [-0.15, -0.1) is 11.3 Å². The highest BCUT2D eigenvalue weighted by atomic mass is 79.9. The zero-order valence-electron chi connectivity index (χ0n) is 15.2. The lowest BCUT2D eigenvalue weighted by atomic mass is 10.2. The summed E-state index contributed by atoms with van der Waals surface area (Å²) in [6, 6.07) is 11.9. The van der Waals surface area contributed by atoms with E-state index >= 15 is 0 Å². The number of carbonyl (C=O) groups is 1. The molecule has 3 aromatic heterocycles. The van der Waals surface area contributed by atoms with E-state index in [0.29, 0.717) is 21.1 Å². The third kappa shape index (κ3) is 4.30. The van der Waals surface area contributed by atoms with E-state index in [0.717, 1.165) is 9.35 Å². The Labute approximate surface area is 190 Å². The molecule has 1 N–H and O–H groups in total. The van der Waals surface area contributed by atoms with E-state index < -0.39 is 11.5 Å². The Hall–Kier alpha value is -2.56. The number of aromatic nitrogens is 2. The highest BCUT2D eigenvalue weighted by molar-refractivity contribution is 9.11. The van der Waals surface area contributed by atoms with Crippen molar-refractivity contribution in [3.63, 3.8) is 0 Å². The first kappa shape index (κ1) is 20.7. The SMILES string of the molecule is O=C(NCCn1nc(-c2cccs2)ccc1=O)c1cc2cc(Br)cc(Br)c2oc1=O. The maximum Gasteiger partial charge on any atom is 0.349 e. The maximum atomic E-state index is 12.5. The molecular formula is C20H13Br2N3O4S. The van der Waals surface area contributed by atoms with Crippen LogP contribution in [0.5, 0.6) is 0 Å². The molecule has 152 valence electrons. The lowest BCUT2D eigenvalue weighted by Crippen LogP contribution is -2.33. The van der Waals surface area contributed by atoms with Gasteiger partial charge in [0.25, 0.3) is 11.5 Å². The smallest absolute Gasteiger partial charge is 0.349 e. The van der Waals surface area contributed by atoms with Gasteiger partial charge in [0.15, 0.2) is 5.58 Å². The molecule has 3 heterocycles. The normalized spacial score (nSPS) is 11.0. The van der Waals surface area contributed by atoms with Crippen LogP contribution >= 0.6 is 43.2 Å². The minimum Gasteiger partial charge on any atom is -0.421 e. The summed E-state index contributed by atoms with van der Waals surface area (Å²) in [5.74, 6) is -0.579. The van der Waals surface area contributed by atoms with Gasteiger partial charge in [0.2, 0.25) is 0 Å². The number of nitrogens with one attached hydrogen (secondary N) is 1. The molecule has 0 aliphatic carbocycles. The summed E-state index contributed by atoms with van der Waals surface area (Å²) in [7, 11) is 0. The summed E-state index contributed by atoms with van der Waals surface area (Å²) >= 11 is 8.23. The Kier molecular flexibility index (Phi) is 5.98. The second-order valence-corrected chi connectivity index (χ2v) is 8.98. The van der Waals surface area contributed by atoms with Crippen molar-refractivity contribution in [3.8, 4) is 10.6 Å². The van der Waals surface area contributed by atoms with E-state index in [4.69, 9.17) is 4.42 Å². The largest absolute Gasteiger partial charge is 0.421 e. The van der Waals surface area contributed by atoms with Crippen molar-refractivity contribution in [2.75, 3.05) is 6.54 Å². The zero-order valence-corrected chi connectivity index (χ0v) is 19.2. The van der Waals surface area contributed by atoms with E-state index in [-0.39, 0.29) is 24.2 Å². The summed E-state index contributed by atoms with van der Waals surface area (Å²) in [6.07, 6.45) is 0. The number of benzene rings is 1. The Morgan fingerprint density at radius 2 is 2.00 bits per heavy atom. The fraction of sp³-hybridized carbons (Fsp3) is 0.100. The number of fused-ring (bicyclic) bond motifs is 1. The Morgan fingerprint density at radius 1 is 1.17 bits per heavy atom. The van der Waals surface area contributed by atoms with Gasteiger partial charge in [-0.3, -0.25) is 9.59 Å². The highest BCUT2D eigenvalue weighted by Crippen LogP contribution is 2.28. The topological polar surface area (TPSA) is 94.2 Å². The summed E-state index contributed by atoms with van der Waals surface area (Å²) in [6.45, 7) is 0.291. The second kappa shape index (κ2) is 8.66. The van der Waals surface area contributed by atoms with Crippen LogP contribution in [0.4, 0.5) is 0 Å². The summed E-state index contributed by atoms with van der Waals surface area (Å²) in [5.41, 5.74) is -0.0780. The molecular weight excluding hydrogens is 538 g/mol. The number of rotatable bonds is 5. The lowest BCUT2D eigenvalue weighted by Gasteiger charge is -2.08. The first-order valence-electron chi connectivity index (χ1n) is 8.75. The zero-order chi connectivity index (χ0) is 21.3. The van der Waals surface area contributed by atoms with E-state index in [1.54, 1.807) is 18.2 Å². The molecule has 0 fully saturated rings. The fourth-order valence-electron chi connectivity index (χ4n) is 2.85. The van der Waals surface area contributed by atoms with Crippen molar-refractivity contribution in [2.45, 2.75) is 6.54 Å². The maximum absolute atomic E-state index is 12.5. The Morgan fingerprint density at radius 3 is 2.77 bits per heavy atom. The second-order valence-electron chi connectivity index (χ2n) is 6.27. The van der Waals surface area contributed by atoms with Gasteiger partial charge in [0.1, 0.15) is 11.3 Å². The average Bonchev–Trinajstić information content (AvgIpc) is 3.24. The van der Waals surface area contributed by atoms with Gasteiger partial charge in [-0.2, -0.15) is 5.10 Å². The van der Waals surface area contributed by atoms with Crippen LogP contribution in [0.25, 0.3) is 21.5 Å². The summed E-state index contributed by atoms with van der Waals surface area (Å²) < 4.78 is 7.95. The first-order chi connectivity index (χ1) is 14.4. The molecule has 7 nitrogen and oxygen atoms in total. The number of carbonyl (C=O) groups excluding carboxylic acids is 1. The van der Waals surface area contributed by atoms with Crippen LogP contribution in [0.2, 0.25) is 0 Å². The van der Waals surface area contributed by atoms with Crippen LogP contribution in [0.15, 0.2) is 70.8 Å². The number of amides is 1. The van der Waals surface area contributed by atoms with Crippen LogP contribution < -0.4 is 16.5 Å². The van der Waals surface area contributed by atoms with Gasteiger partial charge in [-0.1, -0.05) is 22.0 Å². The van der Waals surface area contributed by atoms with Crippen molar-refractivity contribution in [3.05, 3.63) is 83.1 Å². The summed E-state index contributed by atoms with van der Waals surface area (Å²) in [5, 5.41) is 9.51. The number of halogens is 2. The van der Waals surface area contributed by atoms with E-state index in [9.17, 15) is 14.4 Å². The van der Waals surface area contributed by atoms with Crippen LogP contribution in [0, 0.1) is 0 Å². The van der Waals surface area contributed by atoms with E-state index in [1.165, 1.54) is 28.2 Å². The molecule has 0 aliphatic heterocycles. The van der Waals surface area contributed by atoms with Gasteiger partial charge < -0.3 is 9.73 Å². The quantitative estimate of drug-likeness (QED) is 0.379. The molecule has 0 atom stereocenters. The molecule has 0 spiro atoms. The molecule has 0 saturated carbocycles. The van der Waals surface area contributed by atoms with Crippen molar-refractivity contribution >= 4 is 60.1 Å². The third-order valence-electron chi connectivity index (χ3n) is 4.25. The van der Waals surface area contributed by atoms with Crippen LogP contribution in [0.3, 0.4) is 0 Å². The monoisotopic (exact) mass is 549 g/mol. The number of thiophene rings is 1. The minimum atomic E-state index is -0.738. The molecule has 1 aromatic carbocycles. The molecule has 0 saturated heterocycles. The molecule has 4 aromatic rings. The molecule has 30 heavy (non-hydrogen) atoms. The van der Waals surface area contributed by atoms with Crippen molar-refractivity contribution in [1.82, 2.24) is 15.1 Å². The number of nitrogens with zero attached hydrogens (tertiary/aromatic N) is 2. The molecule has 10 heteroatoms. The highest BCUT2D eigenvalue weighted by Gasteiger charge is 2.15. The Balaban J connectivity index is 1.51. The number of hydrogen-bond acceptors (Lipinski definition) is 6. The van der Waals surface area contributed by atoms with Crippen molar-refractivity contribution < 1.29 is 9.21 Å². The lowest BCUT2D eigenvalue weighted by molar-refractivity contribution is 0.0948. The van der Waals surface area contributed by atoms with Crippen molar-refractivity contribution in [1.29, 1.82) is 0 Å². The molecule has 4 rings (SSSR count). The van der Waals surface area contributed by atoms with Gasteiger partial charge >= 0.3 is 5.63 Å². The number of hydrogen-bond donors (Lipinski definition) is 1. The third-order valence-corrected chi connectivity index (χ3v) is 6.18. The van der Waals surface area contributed by atoms with Gasteiger partial charge in [0.05, 0.1) is 15.9 Å². The predicted octanol–water partition coefficient (Wildman–Crippen LogP) is 4.03. The molecule has 0 unspecified atom stereocenters. The Bertz CT molecular complexity index is 1360. The van der Waals surface area contributed by atoms with Gasteiger partial charge in [0, 0.05) is 22.5 Å². The van der Waals surface area contributed by atoms with Crippen molar-refractivity contribution in [2.24, 2.45) is 0 Å². The van der Waals surface area contributed by atoms with Crippen LogP contribution in [-0.4, -0.2) is 22.2 Å². The molecule has 0 bridgehead atoms. The van der Waals surface area contributed by atoms with Gasteiger partial charge in [-0.25, -0.2) is 9.48 Å². The molecule has 0 aliphatic rings. The van der Waals surface area contributed by atoms with Crippen LogP contribution in [-0.2, 0) is 6.54 Å². The fourth-order valence-corrected chi connectivity index (χ4v) is 4.88. The van der Waals surface area contributed by atoms with E-state index in [2.05, 4.69) is 42.3 Å². The van der Waals surface area contributed by atoms with Crippen LogP contribution in [0.1, 0.15) is 10.4 Å².